The number of sulfonamides is 1. The molecule has 0 aliphatic rings. The van der Waals surface area contributed by atoms with E-state index in [1.807, 2.05) is 4.72 Å². The second-order valence-corrected chi connectivity index (χ2v) is 5.23. The van der Waals surface area contributed by atoms with Gasteiger partial charge in [0.05, 0.1) is 10.5 Å². The predicted octanol–water partition coefficient (Wildman–Crippen LogP) is 0.136. The molecule has 18 heavy (non-hydrogen) atoms. The van der Waals surface area contributed by atoms with Gasteiger partial charge in [0.15, 0.2) is 0 Å². The summed E-state index contributed by atoms with van der Waals surface area (Å²) in [6.45, 7) is 1.17. The largest absolute Gasteiger partial charge is 0.480 e. The summed E-state index contributed by atoms with van der Waals surface area (Å²) in [5, 5.41) is 17.3. The summed E-state index contributed by atoms with van der Waals surface area (Å²) < 4.78 is 25.4. The monoisotopic (exact) mass is 273 g/mol. The smallest absolute Gasteiger partial charge is 0.335 e. The molecular formula is C10H11NO6S. The zero-order valence-corrected chi connectivity index (χ0v) is 10.1. The van der Waals surface area contributed by atoms with Crippen molar-refractivity contribution in [2.45, 2.75) is 17.9 Å². The third-order valence-corrected chi connectivity index (χ3v) is 3.63. The lowest BCUT2D eigenvalue weighted by Crippen LogP contribution is -2.38. The zero-order valence-electron chi connectivity index (χ0n) is 9.32. The summed E-state index contributed by atoms with van der Waals surface area (Å²) >= 11 is 0. The molecule has 98 valence electrons. The molecule has 0 bridgehead atoms. The number of aromatic carboxylic acids is 1. The number of hydrogen-bond donors (Lipinski definition) is 3. The minimum atomic E-state index is -4.05. The van der Waals surface area contributed by atoms with Gasteiger partial charge in [-0.3, -0.25) is 4.79 Å². The molecule has 0 aliphatic heterocycles. The number of hydrogen-bond acceptors (Lipinski definition) is 4. The van der Waals surface area contributed by atoms with Crippen molar-refractivity contribution in [2.75, 3.05) is 0 Å². The van der Waals surface area contributed by atoms with Crippen molar-refractivity contribution in [3.05, 3.63) is 29.8 Å². The number of nitrogens with one attached hydrogen (secondary N) is 1. The van der Waals surface area contributed by atoms with Gasteiger partial charge in [-0.15, -0.1) is 0 Å². The van der Waals surface area contributed by atoms with Crippen molar-refractivity contribution in [1.82, 2.24) is 4.72 Å². The van der Waals surface area contributed by atoms with Crippen LogP contribution in [0.4, 0.5) is 0 Å². The van der Waals surface area contributed by atoms with Gasteiger partial charge >= 0.3 is 11.9 Å². The Balaban J connectivity index is 3.09. The van der Waals surface area contributed by atoms with Crippen molar-refractivity contribution >= 4 is 22.0 Å². The quantitative estimate of drug-likeness (QED) is 0.701. The van der Waals surface area contributed by atoms with Gasteiger partial charge < -0.3 is 10.2 Å². The average Bonchev–Trinajstić information content (AvgIpc) is 2.28. The molecule has 1 aromatic carbocycles. The molecule has 0 spiro atoms. The van der Waals surface area contributed by atoms with Gasteiger partial charge in [0.25, 0.3) is 0 Å². The van der Waals surface area contributed by atoms with Crippen molar-refractivity contribution in [3.63, 3.8) is 0 Å². The highest BCUT2D eigenvalue weighted by Crippen LogP contribution is 2.12. The molecule has 0 saturated carbocycles. The second-order valence-electron chi connectivity index (χ2n) is 3.51. The molecule has 0 unspecified atom stereocenters. The van der Waals surface area contributed by atoms with E-state index in [-0.39, 0.29) is 10.5 Å². The standard InChI is InChI=1S/C10H11NO6S/c1-6(9(12)13)11-18(16,17)8-4-2-3-7(5-8)10(14)15/h2-6,11H,1H3,(H,12,13)(H,14,15)/t6-/m0/s1. The molecule has 1 aromatic rings. The van der Waals surface area contributed by atoms with E-state index in [4.69, 9.17) is 10.2 Å². The van der Waals surface area contributed by atoms with E-state index in [2.05, 4.69) is 0 Å². The van der Waals surface area contributed by atoms with Crippen LogP contribution in [0.25, 0.3) is 0 Å². The first kappa shape index (κ1) is 14.1. The third-order valence-electron chi connectivity index (χ3n) is 2.09. The van der Waals surface area contributed by atoms with E-state index in [1.165, 1.54) is 25.1 Å². The summed E-state index contributed by atoms with van der Waals surface area (Å²) in [6, 6.07) is 3.34. The van der Waals surface area contributed by atoms with Gasteiger partial charge in [-0.1, -0.05) is 6.07 Å². The molecule has 0 aliphatic carbocycles. The minimum absolute atomic E-state index is 0.194. The highest BCUT2D eigenvalue weighted by atomic mass is 32.2. The first-order valence-corrected chi connectivity index (χ1v) is 6.31. The summed E-state index contributed by atoms with van der Waals surface area (Å²) in [4.78, 5) is 21.0. The molecular weight excluding hydrogens is 262 g/mol. The van der Waals surface area contributed by atoms with Gasteiger partial charge in [0.2, 0.25) is 10.0 Å². The second kappa shape index (κ2) is 5.15. The van der Waals surface area contributed by atoms with Gasteiger partial charge in [0.1, 0.15) is 6.04 Å². The van der Waals surface area contributed by atoms with Gasteiger partial charge in [0, 0.05) is 0 Å². The Morgan fingerprint density at radius 1 is 1.28 bits per heavy atom. The number of rotatable bonds is 5. The maximum Gasteiger partial charge on any atom is 0.335 e. The fraction of sp³-hybridized carbons (Fsp3) is 0.200. The number of carboxylic acids is 2. The van der Waals surface area contributed by atoms with E-state index < -0.39 is 28.0 Å². The lowest BCUT2D eigenvalue weighted by molar-refractivity contribution is -0.138. The van der Waals surface area contributed by atoms with E-state index in [0.717, 1.165) is 6.07 Å². The predicted molar refractivity (Wildman–Crippen MR) is 60.8 cm³/mol. The maximum absolute atomic E-state index is 11.8. The molecule has 7 nitrogen and oxygen atoms in total. The van der Waals surface area contributed by atoms with Crippen LogP contribution in [0.15, 0.2) is 29.2 Å². The lowest BCUT2D eigenvalue weighted by atomic mass is 10.2. The van der Waals surface area contributed by atoms with Crippen LogP contribution >= 0.6 is 0 Å². The molecule has 0 heterocycles. The fourth-order valence-electron chi connectivity index (χ4n) is 1.15. The molecule has 1 atom stereocenters. The molecule has 0 aromatic heterocycles. The van der Waals surface area contributed by atoms with Crippen LogP contribution in [0.1, 0.15) is 17.3 Å². The lowest BCUT2D eigenvalue weighted by Gasteiger charge is -2.10. The van der Waals surface area contributed by atoms with E-state index >= 15 is 0 Å². The van der Waals surface area contributed by atoms with Gasteiger partial charge in [-0.2, -0.15) is 4.72 Å². The molecule has 1 rings (SSSR count). The average molecular weight is 273 g/mol. The van der Waals surface area contributed by atoms with Crippen LogP contribution in [0.2, 0.25) is 0 Å². The summed E-state index contributed by atoms with van der Waals surface area (Å²) in [5.41, 5.74) is -0.194. The first-order chi connectivity index (χ1) is 8.24. The highest BCUT2D eigenvalue weighted by Gasteiger charge is 2.22. The van der Waals surface area contributed by atoms with Crippen molar-refractivity contribution in [1.29, 1.82) is 0 Å². The van der Waals surface area contributed by atoms with E-state index in [0.29, 0.717) is 0 Å². The number of aliphatic carboxylic acids is 1. The molecule has 0 amide bonds. The first-order valence-electron chi connectivity index (χ1n) is 4.82. The minimum Gasteiger partial charge on any atom is -0.480 e. The van der Waals surface area contributed by atoms with Crippen LogP contribution in [0, 0.1) is 0 Å². The Bertz CT molecular complexity index is 580. The molecule has 3 N–H and O–H groups in total. The normalized spacial score (nSPS) is 12.9. The third kappa shape index (κ3) is 3.28. The topological polar surface area (TPSA) is 121 Å². The highest BCUT2D eigenvalue weighted by molar-refractivity contribution is 7.89. The summed E-state index contributed by atoms with van der Waals surface area (Å²) in [6.07, 6.45) is 0. The number of carbonyl (C=O) groups is 2. The fourth-order valence-corrected chi connectivity index (χ4v) is 2.39. The zero-order chi connectivity index (χ0) is 13.9. The van der Waals surface area contributed by atoms with Crippen molar-refractivity contribution in [3.8, 4) is 0 Å². The Morgan fingerprint density at radius 3 is 2.39 bits per heavy atom. The number of benzene rings is 1. The maximum atomic E-state index is 11.8. The van der Waals surface area contributed by atoms with Crippen LogP contribution in [0.5, 0.6) is 0 Å². The summed E-state index contributed by atoms with van der Waals surface area (Å²) in [5.74, 6) is -2.59. The van der Waals surface area contributed by atoms with E-state index in [9.17, 15) is 18.0 Å². The molecule has 8 heteroatoms. The molecule has 0 radical (unpaired) electrons. The number of carboxylic acid groups (broad SMARTS) is 2. The van der Waals surface area contributed by atoms with Gasteiger partial charge in [-0.05, 0) is 25.1 Å². The SMILES string of the molecule is C[C@H](NS(=O)(=O)c1cccc(C(=O)O)c1)C(=O)O. The van der Waals surface area contributed by atoms with Crippen LogP contribution in [0.3, 0.4) is 0 Å². The molecule has 0 fully saturated rings. The van der Waals surface area contributed by atoms with Crippen molar-refractivity contribution < 1.29 is 28.2 Å². The van der Waals surface area contributed by atoms with Crippen LogP contribution < -0.4 is 4.72 Å². The Morgan fingerprint density at radius 2 is 1.89 bits per heavy atom. The van der Waals surface area contributed by atoms with Crippen LogP contribution in [-0.4, -0.2) is 36.6 Å². The van der Waals surface area contributed by atoms with E-state index in [1.54, 1.807) is 0 Å². The Kier molecular flexibility index (Phi) is 4.04. The summed E-state index contributed by atoms with van der Waals surface area (Å²) in [7, 11) is -4.05. The Labute approximate surface area is 103 Å². The Hall–Kier alpha value is -1.93. The van der Waals surface area contributed by atoms with Crippen molar-refractivity contribution in [2.24, 2.45) is 0 Å². The van der Waals surface area contributed by atoms with Gasteiger partial charge in [-0.25, -0.2) is 13.2 Å². The van der Waals surface area contributed by atoms with Crippen LogP contribution in [-0.2, 0) is 14.8 Å². The molecule has 0 saturated heterocycles.